The van der Waals surface area contributed by atoms with E-state index in [1.807, 2.05) is 14.1 Å². The van der Waals surface area contributed by atoms with Gasteiger partial charge >= 0.3 is 0 Å². The summed E-state index contributed by atoms with van der Waals surface area (Å²) in [7, 11) is 3.75. The van der Waals surface area contributed by atoms with Gasteiger partial charge in [-0.1, -0.05) is 11.6 Å². The lowest BCUT2D eigenvalue weighted by Gasteiger charge is -1.99. The average Bonchev–Trinajstić information content (AvgIpc) is 2.20. The summed E-state index contributed by atoms with van der Waals surface area (Å²) in [6, 6.07) is 0. The van der Waals surface area contributed by atoms with E-state index in [4.69, 9.17) is 11.6 Å². The second-order valence-electron chi connectivity index (χ2n) is 2.09. The van der Waals surface area contributed by atoms with E-state index in [0.717, 1.165) is 17.3 Å². The molecule has 0 atom stereocenters. The zero-order chi connectivity index (χ0) is 7.56. The summed E-state index contributed by atoms with van der Waals surface area (Å²) in [6.45, 7) is 0.759. The van der Waals surface area contributed by atoms with Crippen LogP contribution in [0.5, 0.6) is 0 Å². The molecule has 0 saturated heterocycles. The van der Waals surface area contributed by atoms with Crippen LogP contribution < -0.4 is 5.32 Å². The Morgan fingerprint density at radius 1 is 1.80 bits per heavy atom. The van der Waals surface area contributed by atoms with Gasteiger partial charge in [0.2, 0.25) is 0 Å². The van der Waals surface area contributed by atoms with Gasteiger partial charge in [-0.05, 0) is 7.05 Å². The van der Waals surface area contributed by atoms with Crippen molar-refractivity contribution >= 4 is 11.6 Å². The lowest BCUT2D eigenvalue weighted by molar-refractivity contribution is 0.672. The Hall–Kier alpha value is -0.540. The third-order valence-electron chi connectivity index (χ3n) is 1.35. The third kappa shape index (κ3) is 1.30. The summed E-state index contributed by atoms with van der Waals surface area (Å²) in [4.78, 5) is 0. The van der Waals surface area contributed by atoms with Crippen molar-refractivity contribution in [2.24, 2.45) is 7.05 Å². The van der Waals surface area contributed by atoms with Gasteiger partial charge in [-0.25, -0.2) is 0 Å². The molecule has 1 aromatic heterocycles. The maximum atomic E-state index is 5.80. The molecule has 3 nitrogen and oxygen atoms in total. The molecule has 1 aromatic rings. The topological polar surface area (TPSA) is 29.9 Å². The quantitative estimate of drug-likeness (QED) is 0.692. The molecule has 0 unspecified atom stereocenters. The first-order valence-electron chi connectivity index (χ1n) is 3.06. The second-order valence-corrected chi connectivity index (χ2v) is 2.50. The van der Waals surface area contributed by atoms with Crippen LogP contribution in [0.15, 0.2) is 6.20 Å². The minimum absolute atomic E-state index is 0.719. The van der Waals surface area contributed by atoms with E-state index >= 15 is 0 Å². The predicted molar refractivity (Wildman–Crippen MR) is 41.0 cm³/mol. The molecule has 0 fully saturated rings. The molecule has 1 N–H and O–H groups in total. The average molecular weight is 160 g/mol. The summed E-state index contributed by atoms with van der Waals surface area (Å²) in [5.41, 5.74) is 1.02. The molecule has 0 saturated carbocycles. The van der Waals surface area contributed by atoms with Crippen LogP contribution in [0, 0.1) is 0 Å². The van der Waals surface area contributed by atoms with Gasteiger partial charge in [0.15, 0.2) is 0 Å². The van der Waals surface area contributed by atoms with E-state index in [2.05, 4.69) is 10.4 Å². The number of hydrogen-bond acceptors (Lipinski definition) is 2. The highest BCUT2D eigenvalue weighted by atomic mass is 35.5. The van der Waals surface area contributed by atoms with Crippen LogP contribution in [0.3, 0.4) is 0 Å². The van der Waals surface area contributed by atoms with Gasteiger partial charge in [-0.15, -0.1) is 0 Å². The van der Waals surface area contributed by atoms with E-state index in [9.17, 15) is 0 Å². The van der Waals surface area contributed by atoms with Crippen molar-refractivity contribution in [2.75, 3.05) is 7.05 Å². The maximum absolute atomic E-state index is 5.80. The molecule has 10 heavy (non-hydrogen) atoms. The molecule has 0 aromatic carbocycles. The van der Waals surface area contributed by atoms with E-state index in [1.54, 1.807) is 10.9 Å². The molecule has 1 rings (SSSR count). The Kier molecular flexibility index (Phi) is 2.29. The van der Waals surface area contributed by atoms with Crippen LogP contribution in [0.4, 0.5) is 0 Å². The minimum Gasteiger partial charge on any atom is -0.314 e. The van der Waals surface area contributed by atoms with Crippen LogP contribution in [0.25, 0.3) is 0 Å². The summed E-state index contributed by atoms with van der Waals surface area (Å²) < 4.78 is 1.76. The van der Waals surface area contributed by atoms with Gasteiger partial charge in [-0.2, -0.15) is 5.10 Å². The number of aromatic nitrogens is 2. The van der Waals surface area contributed by atoms with Crippen LogP contribution in [0.1, 0.15) is 5.69 Å². The zero-order valence-corrected chi connectivity index (χ0v) is 6.81. The Balaban J connectivity index is 2.87. The van der Waals surface area contributed by atoms with Crippen molar-refractivity contribution in [3.8, 4) is 0 Å². The van der Waals surface area contributed by atoms with Crippen molar-refractivity contribution in [1.29, 1.82) is 0 Å². The van der Waals surface area contributed by atoms with Crippen LogP contribution >= 0.6 is 11.6 Å². The Morgan fingerprint density at radius 2 is 2.50 bits per heavy atom. The molecular formula is C6H10ClN3. The largest absolute Gasteiger partial charge is 0.314 e. The van der Waals surface area contributed by atoms with Crippen LogP contribution in [0.2, 0.25) is 5.02 Å². The molecule has 0 aliphatic heterocycles. The number of hydrogen-bond donors (Lipinski definition) is 1. The maximum Gasteiger partial charge on any atom is 0.0831 e. The van der Waals surface area contributed by atoms with E-state index < -0.39 is 0 Å². The molecule has 0 amide bonds. The molecule has 56 valence electrons. The SMILES string of the molecule is CNCc1c(Cl)cnn1C. The molecule has 0 spiro atoms. The smallest absolute Gasteiger partial charge is 0.0831 e. The minimum atomic E-state index is 0.719. The van der Waals surface area contributed by atoms with E-state index in [-0.39, 0.29) is 0 Å². The van der Waals surface area contributed by atoms with Gasteiger partial charge in [0, 0.05) is 13.6 Å². The molecular weight excluding hydrogens is 150 g/mol. The molecule has 0 bridgehead atoms. The summed E-state index contributed by atoms with van der Waals surface area (Å²) in [6.07, 6.45) is 1.65. The predicted octanol–water partition coefficient (Wildman–Crippen LogP) is 0.793. The monoisotopic (exact) mass is 159 g/mol. The van der Waals surface area contributed by atoms with Gasteiger partial charge in [0.1, 0.15) is 0 Å². The van der Waals surface area contributed by atoms with Crippen molar-refractivity contribution in [3.63, 3.8) is 0 Å². The first kappa shape index (κ1) is 7.57. The summed E-state index contributed by atoms with van der Waals surface area (Å²) >= 11 is 5.80. The number of halogens is 1. The first-order valence-corrected chi connectivity index (χ1v) is 3.44. The standard InChI is InChI=1S/C6H10ClN3/c1-8-4-6-5(7)3-9-10(6)2/h3,8H,4H2,1-2H3. The number of rotatable bonds is 2. The van der Waals surface area contributed by atoms with Crippen molar-refractivity contribution in [1.82, 2.24) is 15.1 Å². The summed E-state index contributed by atoms with van der Waals surface area (Å²) in [5, 5.41) is 7.71. The van der Waals surface area contributed by atoms with Crippen molar-refractivity contribution in [2.45, 2.75) is 6.54 Å². The second kappa shape index (κ2) is 3.03. The highest BCUT2D eigenvalue weighted by Gasteiger charge is 2.02. The van der Waals surface area contributed by atoms with Crippen LogP contribution in [-0.2, 0) is 13.6 Å². The molecule has 4 heteroatoms. The Bertz CT molecular complexity index is 199. The van der Waals surface area contributed by atoms with Gasteiger partial charge < -0.3 is 5.32 Å². The molecule has 1 heterocycles. The van der Waals surface area contributed by atoms with E-state index in [1.165, 1.54) is 0 Å². The fraction of sp³-hybridized carbons (Fsp3) is 0.500. The third-order valence-corrected chi connectivity index (χ3v) is 1.67. The number of nitrogens with one attached hydrogen (secondary N) is 1. The zero-order valence-electron chi connectivity index (χ0n) is 6.06. The molecule has 0 aliphatic carbocycles. The number of nitrogens with zero attached hydrogens (tertiary/aromatic N) is 2. The lowest BCUT2D eigenvalue weighted by Crippen LogP contribution is -2.09. The van der Waals surface area contributed by atoms with Gasteiger partial charge in [0.25, 0.3) is 0 Å². The van der Waals surface area contributed by atoms with Crippen LogP contribution in [-0.4, -0.2) is 16.8 Å². The highest BCUT2D eigenvalue weighted by molar-refractivity contribution is 6.31. The van der Waals surface area contributed by atoms with Gasteiger partial charge in [0.05, 0.1) is 16.9 Å². The fourth-order valence-electron chi connectivity index (χ4n) is 0.802. The lowest BCUT2D eigenvalue weighted by atomic mass is 10.4. The molecule has 0 radical (unpaired) electrons. The van der Waals surface area contributed by atoms with Gasteiger partial charge in [-0.3, -0.25) is 4.68 Å². The number of aryl methyl sites for hydroxylation is 1. The highest BCUT2D eigenvalue weighted by Crippen LogP contribution is 2.12. The van der Waals surface area contributed by atoms with E-state index in [0.29, 0.717) is 0 Å². The first-order chi connectivity index (χ1) is 4.75. The summed E-state index contributed by atoms with van der Waals surface area (Å²) in [5.74, 6) is 0. The normalized spacial score (nSPS) is 10.3. The van der Waals surface area contributed by atoms with Crippen molar-refractivity contribution in [3.05, 3.63) is 16.9 Å². The molecule has 0 aliphatic rings. The Labute approximate surface area is 65.0 Å². The van der Waals surface area contributed by atoms with Crippen molar-refractivity contribution < 1.29 is 0 Å². The fourth-order valence-corrected chi connectivity index (χ4v) is 1.04. The Morgan fingerprint density at radius 3 is 2.90 bits per heavy atom.